The number of carbonyl (C=O) groups is 2. The molecule has 0 aliphatic carbocycles. The lowest BCUT2D eigenvalue weighted by Gasteiger charge is -2.26. The molecule has 0 aromatic rings. The van der Waals surface area contributed by atoms with Crippen LogP contribution in [0.5, 0.6) is 0 Å². The molecule has 0 aromatic carbocycles. The molecule has 4 nitrogen and oxygen atoms in total. The molecular formula is C11H20N2O2. The highest BCUT2D eigenvalue weighted by Gasteiger charge is 2.24. The Kier molecular flexibility index (Phi) is 5.15. The van der Waals surface area contributed by atoms with Crippen LogP contribution >= 0.6 is 0 Å². The third-order valence-electron chi connectivity index (χ3n) is 2.68. The van der Waals surface area contributed by atoms with Gasteiger partial charge in [-0.2, -0.15) is 0 Å². The first-order chi connectivity index (χ1) is 7.25. The van der Waals surface area contributed by atoms with Crippen LogP contribution in [0, 0.1) is 0 Å². The third-order valence-corrected chi connectivity index (χ3v) is 2.68. The standard InChI is InChI=1S/C11H20N2O2/c1-2-3-4-5-6-8-13-9-7-12-10(14)11(13)15/h2-9H2,1H3,(H,12,14). The molecule has 1 aliphatic rings. The smallest absolute Gasteiger partial charge is 0.311 e. The minimum absolute atomic E-state index is 0.364. The van der Waals surface area contributed by atoms with E-state index in [4.69, 9.17) is 0 Å². The fraction of sp³-hybridized carbons (Fsp3) is 0.818. The molecule has 1 N–H and O–H groups in total. The van der Waals surface area contributed by atoms with E-state index in [0.29, 0.717) is 13.1 Å². The maximum atomic E-state index is 11.4. The summed E-state index contributed by atoms with van der Waals surface area (Å²) in [6.45, 7) is 4.17. The van der Waals surface area contributed by atoms with Crippen LogP contribution in [-0.2, 0) is 9.59 Å². The summed E-state index contributed by atoms with van der Waals surface area (Å²) in [7, 11) is 0. The van der Waals surface area contributed by atoms with Gasteiger partial charge in [-0.15, -0.1) is 0 Å². The van der Waals surface area contributed by atoms with Crippen molar-refractivity contribution in [3.05, 3.63) is 0 Å². The lowest BCUT2D eigenvalue weighted by Crippen LogP contribution is -2.52. The minimum atomic E-state index is -0.449. The zero-order valence-corrected chi connectivity index (χ0v) is 9.42. The van der Waals surface area contributed by atoms with Gasteiger partial charge in [-0.1, -0.05) is 32.6 Å². The Labute approximate surface area is 91.0 Å². The molecule has 1 heterocycles. The number of amides is 2. The number of piperazine rings is 1. The number of hydrogen-bond acceptors (Lipinski definition) is 2. The molecular weight excluding hydrogens is 192 g/mol. The van der Waals surface area contributed by atoms with Gasteiger partial charge in [-0.3, -0.25) is 9.59 Å². The Morgan fingerprint density at radius 1 is 1.20 bits per heavy atom. The Balaban J connectivity index is 2.14. The van der Waals surface area contributed by atoms with E-state index in [1.54, 1.807) is 4.90 Å². The van der Waals surface area contributed by atoms with Crippen molar-refractivity contribution in [1.82, 2.24) is 10.2 Å². The van der Waals surface area contributed by atoms with Gasteiger partial charge in [0.15, 0.2) is 0 Å². The first-order valence-corrected chi connectivity index (χ1v) is 5.82. The lowest BCUT2D eigenvalue weighted by atomic mass is 10.1. The van der Waals surface area contributed by atoms with E-state index in [2.05, 4.69) is 12.2 Å². The fourth-order valence-corrected chi connectivity index (χ4v) is 1.74. The molecule has 1 aliphatic heterocycles. The van der Waals surface area contributed by atoms with E-state index in [9.17, 15) is 9.59 Å². The summed E-state index contributed by atoms with van der Waals surface area (Å²) < 4.78 is 0. The molecule has 15 heavy (non-hydrogen) atoms. The predicted octanol–water partition coefficient (Wildman–Crippen LogP) is 0.915. The Bertz CT molecular complexity index is 229. The molecule has 86 valence electrons. The van der Waals surface area contributed by atoms with Gasteiger partial charge in [0.1, 0.15) is 0 Å². The van der Waals surface area contributed by atoms with E-state index in [1.165, 1.54) is 19.3 Å². The van der Waals surface area contributed by atoms with Gasteiger partial charge in [0.2, 0.25) is 0 Å². The van der Waals surface area contributed by atoms with Gasteiger partial charge in [0, 0.05) is 19.6 Å². The highest BCUT2D eigenvalue weighted by Crippen LogP contribution is 2.05. The van der Waals surface area contributed by atoms with Gasteiger partial charge in [-0.25, -0.2) is 0 Å². The van der Waals surface area contributed by atoms with Crippen molar-refractivity contribution in [2.75, 3.05) is 19.6 Å². The van der Waals surface area contributed by atoms with Crippen molar-refractivity contribution in [1.29, 1.82) is 0 Å². The third kappa shape index (κ3) is 3.90. The number of nitrogens with one attached hydrogen (secondary N) is 1. The second kappa shape index (κ2) is 6.43. The van der Waals surface area contributed by atoms with Crippen LogP contribution in [0.15, 0.2) is 0 Å². The number of nitrogens with zero attached hydrogens (tertiary/aromatic N) is 1. The quantitative estimate of drug-likeness (QED) is 0.525. The first kappa shape index (κ1) is 12.0. The average molecular weight is 212 g/mol. The van der Waals surface area contributed by atoms with Crippen LogP contribution in [0.25, 0.3) is 0 Å². The van der Waals surface area contributed by atoms with Gasteiger partial charge in [0.05, 0.1) is 0 Å². The summed E-state index contributed by atoms with van der Waals surface area (Å²) in [6.07, 6.45) is 5.88. The van der Waals surface area contributed by atoms with E-state index >= 15 is 0 Å². The number of rotatable bonds is 6. The number of carbonyl (C=O) groups excluding carboxylic acids is 2. The Hall–Kier alpha value is -1.06. The predicted molar refractivity (Wildman–Crippen MR) is 58.3 cm³/mol. The molecule has 1 fully saturated rings. The molecule has 0 aromatic heterocycles. The van der Waals surface area contributed by atoms with Crippen LogP contribution in [0.2, 0.25) is 0 Å². The van der Waals surface area contributed by atoms with Crippen LogP contribution < -0.4 is 5.32 Å². The van der Waals surface area contributed by atoms with Crippen molar-refractivity contribution in [3.63, 3.8) is 0 Å². The molecule has 0 bridgehead atoms. The maximum Gasteiger partial charge on any atom is 0.311 e. The van der Waals surface area contributed by atoms with Gasteiger partial charge in [0.25, 0.3) is 0 Å². The van der Waals surface area contributed by atoms with E-state index in [1.807, 2.05) is 0 Å². The molecule has 0 spiro atoms. The van der Waals surface area contributed by atoms with Crippen molar-refractivity contribution in [2.45, 2.75) is 39.0 Å². The van der Waals surface area contributed by atoms with Crippen molar-refractivity contribution in [2.24, 2.45) is 0 Å². The zero-order chi connectivity index (χ0) is 11.1. The van der Waals surface area contributed by atoms with E-state index in [-0.39, 0.29) is 5.91 Å². The summed E-state index contributed by atoms with van der Waals surface area (Å²) in [6, 6.07) is 0. The second-order valence-electron chi connectivity index (χ2n) is 3.96. The summed E-state index contributed by atoms with van der Waals surface area (Å²) in [5.41, 5.74) is 0. The maximum absolute atomic E-state index is 11.4. The largest absolute Gasteiger partial charge is 0.346 e. The first-order valence-electron chi connectivity index (χ1n) is 5.82. The van der Waals surface area contributed by atoms with Crippen molar-refractivity contribution in [3.8, 4) is 0 Å². The highest BCUT2D eigenvalue weighted by molar-refractivity contribution is 6.35. The number of unbranched alkanes of at least 4 members (excludes halogenated alkanes) is 4. The van der Waals surface area contributed by atoms with Crippen LogP contribution in [0.1, 0.15) is 39.0 Å². The molecule has 4 heteroatoms. The van der Waals surface area contributed by atoms with Crippen molar-refractivity contribution >= 4 is 11.8 Å². The highest BCUT2D eigenvalue weighted by atomic mass is 16.2. The molecule has 0 unspecified atom stereocenters. The number of hydrogen-bond donors (Lipinski definition) is 1. The van der Waals surface area contributed by atoms with Crippen LogP contribution in [-0.4, -0.2) is 36.3 Å². The molecule has 1 rings (SSSR count). The Morgan fingerprint density at radius 3 is 2.67 bits per heavy atom. The summed E-state index contributed by atoms with van der Waals surface area (Å²) in [5, 5.41) is 2.54. The van der Waals surface area contributed by atoms with Crippen LogP contribution in [0.3, 0.4) is 0 Å². The normalized spacial score (nSPS) is 16.7. The molecule has 0 saturated carbocycles. The van der Waals surface area contributed by atoms with Gasteiger partial charge < -0.3 is 10.2 Å². The summed E-state index contributed by atoms with van der Waals surface area (Å²) in [4.78, 5) is 24.1. The molecule has 0 atom stereocenters. The topological polar surface area (TPSA) is 49.4 Å². The minimum Gasteiger partial charge on any atom is -0.346 e. The zero-order valence-electron chi connectivity index (χ0n) is 9.42. The van der Waals surface area contributed by atoms with Gasteiger partial charge in [-0.05, 0) is 6.42 Å². The second-order valence-corrected chi connectivity index (χ2v) is 3.96. The van der Waals surface area contributed by atoms with E-state index < -0.39 is 5.91 Å². The monoisotopic (exact) mass is 212 g/mol. The average Bonchev–Trinajstić information content (AvgIpc) is 2.24. The fourth-order valence-electron chi connectivity index (χ4n) is 1.74. The molecule has 2 amide bonds. The molecule has 1 saturated heterocycles. The Morgan fingerprint density at radius 2 is 1.93 bits per heavy atom. The summed E-state index contributed by atoms with van der Waals surface area (Å²) in [5.74, 6) is -0.813. The van der Waals surface area contributed by atoms with Crippen molar-refractivity contribution < 1.29 is 9.59 Å². The van der Waals surface area contributed by atoms with Crippen LogP contribution in [0.4, 0.5) is 0 Å². The van der Waals surface area contributed by atoms with E-state index in [0.717, 1.165) is 19.4 Å². The molecule has 0 radical (unpaired) electrons. The van der Waals surface area contributed by atoms with Gasteiger partial charge >= 0.3 is 11.8 Å². The summed E-state index contributed by atoms with van der Waals surface area (Å²) >= 11 is 0. The lowest BCUT2D eigenvalue weighted by molar-refractivity contribution is -0.148. The SMILES string of the molecule is CCCCCCCN1CCNC(=O)C1=O.